The molecule has 0 radical (unpaired) electrons. The summed E-state index contributed by atoms with van der Waals surface area (Å²) in [6, 6.07) is 0.531. The molecular weight excluding hydrogens is 176 g/mol. The van der Waals surface area contributed by atoms with Gasteiger partial charge in [-0.2, -0.15) is 17.6 Å². The molecule has 0 spiro atoms. The Morgan fingerprint density at radius 1 is 1.33 bits per heavy atom. The summed E-state index contributed by atoms with van der Waals surface area (Å²) >= 11 is 0. The second kappa shape index (κ2) is 2.62. The maximum Gasteiger partial charge on any atom is 0.419 e. The van der Waals surface area contributed by atoms with Crippen LogP contribution in [0.4, 0.5) is 23.2 Å². The minimum absolute atomic E-state index is 0.366. The van der Waals surface area contributed by atoms with Gasteiger partial charge in [-0.1, -0.05) is 0 Å². The molecule has 0 unspecified atom stereocenters. The Kier molecular flexibility index (Phi) is 1.91. The van der Waals surface area contributed by atoms with Crippen LogP contribution in [0.15, 0.2) is 12.3 Å². The van der Waals surface area contributed by atoms with E-state index in [2.05, 4.69) is 4.98 Å². The van der Waals surface area contributed by atoms with E-state index in [1.807, 2.05) is 0 Å². The first-order chi connectivity index (χ1) is 5.41. The molecule has 1 heterocycles. The number of rotatable bonds is 0. The zero-order chi connectivity index (χ0) is 9.35. The average Bonchev–Trinajstić information content (AvgIpc) is 1.83. The third kappa shape index (κ3) is 1.63. The van der Waals surface area contributed by atoms with E-state index >= 15 is 0 Å². The molecule has 2 nitrogen and oxygen atoms in total. The highest BCUT2D eigenvalue weighted by atomic mass is 19.4. The lowest BCUT2D eigenvalue weighted by molar-refractivity contribution is -0.137. The summed E-state index contributed by atoms with van der Waals surface area (Å²) in [5.74, 6) is -1.03. The number of anilines is 1. The summed E-state index contributed by atoms with van der Waals surface area (Å²) in [7, 11) is 0. The Hall–Kier alpha value is -1.33. The molecule has 0 aliphatic heterocycles. The van der Waals surface area contributed by atoms with Crippen molar-refractivity contribution in [2.75, 3.05) is 5.73 Å². The van der Waals surface area contributed by atoms with Crippen molar-refractivity contribution in [3.63, 3.8) is 0 Å². The molecule has 12 heavy (non-hydrogen) atoms. The summed E-state index contributed by atoms with van der Waals surface area (Å²) in [4.78, 5) is 2.84. The van der Waals surface area contributed by atoms with Crippen LogP contribution in [-0.4, -0.2) is 4.98 Å². The number of nitrogen functional groups attached to an aromatic ring is 1. The van der Waals surface area contributed by atoms with Gasteiger partial charge in [0.25, 0.3) is 0 Å². The quantitative estimate of drug-likeness (QED) is 0.488. The smallest absolute Gasteiger partial charge is 0.398 e. The standard InChI is InChI=1S/C6H4F4N2/c7-5-1-4(11)3(2-12-5)6(8,9)10/h1-2H,(H2,11,12). The van der Waals surface area contributed by atoms with Gasteiger partial charge < -0.3 is 5.73 Å². The van der Waals surface area contributed by atoms with E-state index < -0.39 is 23.4 Å². The summed E-state index contributed by atoms with van der Waals surface area (Å²) in [6.45, 7) is 0. The first-order valence-electron chi connectivity index (χ1n) is 2.89. The van der Waals surface area contributed by atoms with Crippen molar-refractivity contribution in [3.8, 4) is 0 Å². The molecule has 0 atom stereocenters. The van der Waals surface area contributed by atoms with Crippen LogP contribution in [-0.2, 0) is 6.18 Å². The zero-order valence-corrected chi connectivity index (χ0v) is 5.69. The molecule has 2 N–H and O–H groups in total. The van der Waals surface area contributed by atoms with Crippen LogP contribution in [0.2, 0.25) is 0 Å². The number of aromatic nitrogens is 1. The van der Waals surface area contributed by atoms with Crippen LogP contribution in [0.5, 0.6) is 0 Å². The lowest BCUT2D eigenvalue weighted by atomic mass is 10.2. The van der Waals surface area contributed by atoms with Gasteiger partial charge in [0.05, 0.1) is 5.56 Å². The molecule has 0 saturated carbocycles. The summed E-state index contributed by atoms with van der Waals surface area (Å²) in [6.07, 6.45) is -4.21. The van der Waals surface area contributed by atoms with Gasteiger partial charge in [0.15, 0.2) is 0 Å². The second-order valence-corrected chi connectivity index (χ2v) is 2.09. The molecule has 0 aromatic carbocycles. The molecule has 0 aliphatic carbocycles. The van der Waals surface area contributed by atoms with Gasteiger partial charge in [0.2, 0.25) is 5.95 Å². The molecule has 1 rings (SSSR count). The van der Waals surface area contributed by atoms with Crippen molar-refractivity contribution in [2.24, 2.45) is 0 Å². The fourth-order valence-corrected chi connectivity index (χ4v) is 0.681. The highest BCUT2D eigenvalue weighted by Crippen LogP contribution is 2.32. The number of nitrogens with zero attached hydrogens (tertiary/aromatic N) is 1. The summed E-state index contributed by atoms with van der Waals surface area (Å²) in [5, 5.41) is 0. The van der Waals surface area contributed by atoms with Crippen molar-refractivity contribution in [1.29, 1.82) is 0 Å². The third-order valence-electron chi connectivity index (χ3n) is 1.21. The Labute approximate surface area is 65.0 Å². The van der Waals surface area contributed by atoms with Gasteiger partial charge in [-0.05, 0) is 0 Å². The van der Waals surface area contributed by atoms with Crippen LogP contribution in [0.3, 0.4) is 0 Å². The van der Waals surface area contributed by atoms with Gasteiger partial charge in [-0.25, -0.2) is 4.98 Å². The number of alkyl halides is 3. The molecule has 1 aromatic rings. The second-order valence-electron chi connectivity index (χ2n) is 2.09. The lowest BCUT2D eigenvalue weighted by Gasteiger charge is -2.07. The fourth-order valence-electron chi connectivity index (χ4n) is 0.681. The Bertz CT molecular complexity index is 294. The Morgan fingerprint density at radius 3 is 2.33 bits per heavy atom. The largest absolute Gasteiger partial charge is 0.419 e. The highest BCUT2D eigenvalue weighted by Gasteiger charge is 2.33. The maximum atomic E-state index is 12.2. The number of hydrogen-bond donors (Lipinski definition) is 1. The Balaban J connectivity index is 3.19. The molecule has 66 valence electrons. The van der Waals surface area contributed by atoms with Crippen molar-refractivity contribution in [2.45, 2.75) is 6.18 Å². The molecule has 1 aromatic heterocycles. The van der Waals surface area contributed by atoms with Gasteiger partial charge in [0, 0.05) is 18.0 Å². The molecule has 0 amide bonds. The number of halogens is 4. The maximum absolute atomic E-state index is 12.2. The number of hydrogen-bond acceptors (Lipinski definition) is 2. The third-order valence-corrected chi connectivity index (χ3v) is 1.21. The monoisotopic (exact) mass is 180 g/mol. The van der Waals surface area contributed by atoms with Crippen molar-refractivity contribution < 1.29 is 17.6 Å². The minimum atomic E-state index is -4.58. The normalized spacial score (nSPS) is 11.7. The van der Waals surface area contributed by atoms with Crippen LogP contribution < -0.4 is 5.73 Å². The van der Waals surface area contributed by atoms with Crippen LogP contribution in [0, 0.1) is 5.95 Å². The zero-order valence-electron chi connectivity index (χ0n) is 5.69. The SMILES string of the molecule is Nc1cc(F)ncc1C(F)(F)F. The fraction of sp³-hybridized carbons (Fsp3) is 0.167. The number of nitrogens with two attached hydrogens (primary N) is 1. The minimum Gasteiger partial charge on any atom is -0.398 e. The predicted molar refractivity (Wildman–Crippen MR) is 33.6 cm³/mol. The van der Waals surface area contributed by atoms with Crippen LogP contribution in [0.1, 0.15) is 5.56 Å². The van der Waals surface area contributed by atoms with Crippen LogP contribution in [0.25, 0.3) is 0 Å². The lowest BCUT2D eigenvalue weighted by Crippen LogP contribution is -2.09. The van der Waals surface area contributed by atoms with Gasteiger partial charge >= 0.3 is 6.18 Å². The summed E-state index contributed by atoms with van der Waals surface area (Å²) in [5.41, 5.74) is 3.13. The van der Waals surface area contributed by atoms with Crippen molar-refractivity contribution in [3.05, 3.63) is 23.8 Å². The predicted octanol–water partition coefficient (Wildman–Crippen LogP) is 1.82. The summed E-state index contributed by atoms with van der Waals surface area (Å²) < 4.78 is 48.0. The topological polar surface area (TPSA) is 38.9 Å². The van der Waals surface area contributed by atoms with Gasteiger partial charge in [-0.15, -0.1) is 0 Å². The first kappa shape index (κ1) is 8.76. The van der Waals surface area contributed by atoms with E-state index in [0.717, 1.165) is 0 Å². The molecule has 6 heteroatoms. The van der Waals surface area contributed by atoms with E-state index in [1.165, 1.54) is 0 Å². The first-order valence-corrected chi connectivity index (χ1v) is 2.89. The van der Waals surface area contributed by atoms with Gasteiger partial charge in [0.1, 0.15) is 0 Å². The highest BCUT2D eigenvalue weighted by molar-refractivity contribution is 5.46. The molecule has 0 bridgehead atoms. The van der Waals surface area contributed by atoms with Gasteiger partial charge in [-0.3, -0.25) is 0 Å². The van der Waals surface area contributed by atoms with Crippen molar-refractivity contribution >= 4 is 5.69 Å². The van der Waals surface area contributed by atoms with E-state index in [4.69, 9.17) is 5.73 Å². The van der Waals surface area contributed by atoms with E-state index in [0.29, 0.717) is 12.3 Å². The Morgan fingerprint density at radius 2 is 1.92 bits per heavy atom. The van der Waals surface area contributed by atoms with E-state index in [-0.39, 0.29) is 0 Å². The molecule has 0 fully saturated rings. The molecule has 0 aliphatic rings. The van der Waals surface area contributed by atoms with E-state index in [1.54, 1.807) is 0 Å². The van der Waals surface area contributed by atoms with Crippen LogP contribution >= 0.6 is 0 Å². The van der Waals surface area contributed by atoms with E-state index in [9.17, 15) is 17.6 Å². The molecule has 0 saturated heterocycles. The number of pyridine rings is 1. The average molecular weight is 180 g/mol. The molecular formula is C6H4F4N2. The van der Waals surface area contributed by atoms with Crippen molar-refractivity contribution in [1.82, 2.24) is 4.98 Å².